The predicted octanol–water partition coefficient (Wildman–Crippen LogP) is 2.04. The highest BCUT2D eigenvalue weighted by Gasteiger charge is 2.66. The van der Waals surface area contributed by atoms with Crippen LogP contribution in [-0.4, -0.2) is 15.8 Å². The molecule has 4 heteroatoms. The highest BCUT2D eigenvalue weighted by atomic mass is 15.3. The maximum atomic E-state index is 5.81. The van der Waals surface area contributed by atoms with Crippen LogP contribution in [0.1, 0.15) is 46.0 Å². The second-order valence-corrected chi connectivity index (χ2v) is 7.00. The lowest BCUT2D eigenvalue weighted by atomic mass is 10.00. The van der Waals surface area contributed by atoms with E-state index in [1.807, 2.05) is 11.7 Å². The van der Waals surface area contributed by atoms with Gasteiger partial charge in [-0.1, -0.05) is 34.6 Å². The molecule has 1 saturated carbocycles. The lowest BCUT2D eigenvalue weighted by Gasteiger charge is -2.18. The second kappa shape index (κ2) is 4.60. The molecular formula is C15H28N4. The molecular weight excluding hydrogens is 236 g/mol. The third kappa shape index (κ3) is 2.21. The molecule has 1 fully saturated rings. The molecule has 19 heavy (non-hydrogen) atoms. The number of nitrogens with two attached hydrogens (primary N) is 1. The Morgan fingerprint density at radius 1 is 1.37 bits per heavy atom. The van der Waals surface area contributed by atoms with Crippen molar-refractivity contribution in [3.05, 3.63) is 17.5 Å². The van der Waals surface area contributed by atoms with Crippen LogP contribution >= 0.6 is 0 Å². The van der Waals surface area contributed by atoms with Gasteiger partial charge in [0, 0.05) is 25.2 Å². The average molecular weight is 264 g/mol. The zero-order valence-corrected chi connectivity index (χ0v) is 13.1. The summed E-state index contributed by atoms with van der Waals surface area (Å²) in [5.74, 6) is 6.42. The molecule has 1 atom stereocenters. The molecule has 1 aromatic rings. The topological polar surface area (TPSA) is 55.9 Å². The van der Waals surface area contributed by atoms with Crippen molar-refractivity contribution >= 4 is 0 Å². The molecule has 0 aliphatic heterocycles. The molecule has 0 radical (unpaired) electrons. The van der Waals surface area contributed by atoms with Crippen LogP contribution < -0.4 is 11.3 Å². The first-order valence-corrected chi connectivity index (χ1v) is 7.23. The predicted molar refractivity (Wildman–Crippen MR) is 78.5 cm³/mol. The number of nitrogens with one attached hydrogen (secondary N) is 1. The minimum absolute atomic E-state index is 0.310. The van der Waals surface area contributed by atoms with E-state index in [0.29, 0.717) is 22.8 Å². The smallest absolute Gasteiger partial charge is 0.0624 e. The van der Waals surface area contributed by atoms with Crippen molar-refractivity contribution in [1.29, 1.82) is 0 Å². The fraction of sp³-hybridized carbons (Fsp3) is 0.800. The Balaban J connectivity index is 2.15. The van der Waals surface area contributed by atoms with E-state index in [-0.39, 0.29) is 0 Å². The van der Waals surface area contributed by atoms with Crippen LogP contribution in [0.5, 0.6) is 0 Å². The molecule has 1 heterocycles. The quantitative estimate of drug-likeness (QED) is 0.632. The first kappa shape index (κ1) is 14.5. The van der Waals surface area contributed by atoms with Gasteiger partial charge in [-0.15, -0.1) is 0 Å². The van der Waals surface area contributed by atoms with E-state index in [1.165, 1.54) is 5.69 Å². The van der Waals surface area contributed by atoms with Crippen LogP contribution in [0.4, 0.5) is 0 Å². The maximum absolute atomic E-state index is 5.81. The Kier molecular flexibility index (Phi) is 3.52. The molecule has 108 valence electrons. The normalized spacial score (nSPS) is 22.5. The summed E-state index contributed by atoms with van der Waals surface area (Å²) in [7, 11) is 2.02. The number of rotatable bonds is 5. The number of hydrazine groups is 1. The standard InChI is InChI=1S/C15H28N4/c1-7-10-8-11(19(6)18-10)9-12(17-16)13-14(2,3)15(13,4)5/h8,12-13,17H,7,9,16H2,1-6H3. The Hall–Kier alpha value is -0.870. The first-order valence-electron chi connectivity index (χ1n) is 7.23. The highest BCUT2D eigenvalue weighted by molar-refractivity contribution is 5.19. The first-order chi connectivity index (χ1) is 8.75. The SMILES string of the molecule is CCc1cc(CC(NN)C2C(C)(C)C2(C)C)n(C)n1. The highest BCUT2D eigenvalue weighted by Crippen LogP contribution is 2.69. The summed E-state index contributed by atoms with van der Waals surface area (Å²) in [6.07, 6.45) is 1.92. The van der Waals surface area contributed by atoms with Crippen LogP contribution in [0, 0.1) is 16.7 Å². The van der Waals surface area contributed by atoms with Gasteiger partial charge < -0.3 is 0 Å². The molecule has 0 spiro atoms. The van der Waals surface area contributed by atoms with Crippen molar-refractivity contribution in [1.82, 2.24) is 15.2 Å². The van der Waals surface area contributed by atoms with Crippen LogP contribution in [0.2, 0.25) is 0 Å². The summed E-state index contributed by atoms with van der Waals surface area (Å²) in [4.78, 5) is 0. The molecule has 3 N–H and O–H groups in total. The van der Waals surface area contributed by atoms with Crippen molar-refractivity contribution in [2.45, 2.75) is 53.5 Å². The summed E-state index contributed by atoms with van der Waals surface area (Å²) in [5.41, 5.74) is 6.14. The third-order valence-electron chi connectivity index (χ3n) is 5.57. The monoisotopic (exact) mass is 264 g/mol. The third-order valence-corrected chi connectivity index (χ3v) is 5.57. The number of hydrogen-bond acceptors (Lipinski definition) is 3. The number of nitrogens with zero attached hydrogens (tertiary/aromatic N) is 2. The summed E-state index contributed by atoms with van der Waals surface area (Å²) in [6.45, 7) is 11.5. The van der Waals surface area contributed by atoms with E-state index in [9.17, 15) is 0 Å². The van der Waals surface area contributed by atoms with E-state index < -0.39 is 0 Å². The molecule has 0 amide bonds. The van der Waals surface area contributed by atoms with Crippen LogP contribution in [0.25, 0.3) is 0 Å². The minimum Gasteiger partial charge on any atom is -0.272 e. The van der Waals surface area contributed by atoms with Gasteiger partial charge in [0.15, 0.2) is 0 Å². The van der Waals surface area contributed by atoms with E-state index in [1.54, 1.807) is 0 Å². The zero-order chi connectivity index (χ0) is 14.4. The molecule has 2 rings (SSSR count). The van der Waals surface area contributed by atoms with E-state index >= 15 is 0 Å². The van der Waals surface area contributed by atoms with Gasteiger partial charge in [-0.2, -0.15) is 5.10 Å². The van der Waals surface area contributed by atoms with Crippen molar-refractivity contribution in [2.75, 3.05) is 0 Å². The van der Waals surface area contributed by atoms with E-state index in [2.05, 4.69) is 51.2 Å². The molecule has 1 aliphatic rings. The lowest BCUT2D eigenvalue weighted by molar-refractivity contribution is 0.395. The molecule has 0 bridgehead atoms. The summed E-state index contributed by atoms with van der Waals surface area (Å²) in [5, 5.41) is 4.52. The molecule has 1 unspecified atom stereocenters. The Bertz CT molecular complexity index is 445. The molecule has 0 aromatic carbocycles. The van der Waals surface area contributed by atoms with Crippen molar-refractivity contribution < 1.29 is 0 Å². The molecule has 4 nitrogen and oxygen atoms in total. The molecule has 1 aliphatic carbocycles. The number of aromatic nitrogens is 2. The van der Waals surface area contributed by atoms with Crippen LogP contribution in [-0.2, 0) is 19.9 Å². The van der Waals surface area contributed by atoms with Gasteiger partial charge in [0.25, 0.3) is 0 Å². The van der Waals surface area contributed by atoms with Gasteiger partial charge in [-0.3, -0.25) is 16.0 Å². The van der Waals surface area contributed by atoms with Gasteiger partial charge in [0.1, 0.15) is 0 Å². The van der Waals surface area contributed by atoms with Gasteiger partial charge >= 0.3 is 0 Å². The summed E-state index contributed by atoms with van der Waals surface area (Å²) in [6, 6.07) is 2.51. The van der Waals surface area contributed by atoms with Gasteiger partial charge in [0.2, 0.25) is 0 Å². The zero-order valence-electron chi connectivity index (χ0n) is 13.1. The fourth-order valence-corrected chi connectivity index (χ4v) is 3.69. The average Bonchev–Trinajstić information content (AvgIpc) is 2.61. The van der Waals surface area contributed by atoms with Gasteiger partial charge in [0.05, 0.1) is 5.69 Å². The molecule has 0 saturated heterocycles. The van der Waals surface area contributed by atoms with Gasteiger partial charge in [-0.25, -0.2) is 0 Å². The maximum Gasteiger partial charge on any atom is 0.0624 e. The Morgan fingerprint density at radius 3 is 2.32 bits per heavy atom. The number of aryl methyl sites for hydroxylation is 2. The minimum atomic E-state index is 0.310. The van der Waals surface area contributed by atoms with Crippen molar-refractivity contribution in [3.8, 4) is 0 Å². The fourth-order valence-electron chi connectivity index (χ4n) is 3.69. The lowest BCUT2D eigenvalue weighted by Crippen LogP contribution is -2.40. The van der Waals surface area contributed by atoms with Crippen LogP contribution in [0.3, 0.4) is 0 Å². The molecule has 1 aromatic heterocycles. The van der Waals surface area contributed by atoms with Gasteiger partial charge in [-0.05, 0) is 29.2 Å². The van der Waals surface area contributed by atoms with Crippen molar-refractivity contribution in [2.24, 2.45) is 29.6 Å². The van der Waals surface area contributed by atoms with Crippen LogP contribution in [0.15, 0.2) is 6.07 Å². The largest absolute Gasteiger partial charge is 0.272 e. The van der Waals surface area contributed by atoms with E-state index in [4.69, 9.17) is 5.84 Å². The Morgan fingerprint density at radius 2 is 1.95 bits per heavy atom. The number of hydrogen-bond donors (Lipinski definition) is 2. The van der Waals surface area contributed by atoms with Crippen molar-refractivity contribution in [3.63, 3.8) is 0 Å². The summed E-state index contributed by atoms with van der Waals surface area (Å²) >= 11 is 0. The second-order valence-electron chi connectivity index (χ2n) is 7.00. The van der Waals surface area contributed by atoms with E-state index in [0.717, 1.165) is 18.5 Å². The summed E-state index contributed by atoms with van der Waals surface area (Å²) < 4.78 is 1.99. The Labute approximate surface area is 116 Å².